The summed E-state index contributed by atoms with van der Waals surface area (Å²) in [5.74, 6) is -1.01. The molecule has 1 aromatic heterocycles. The van der Waals surface area contributed by atoms with E-state index in [9.17, 15) is 14.7 Å². The minimum absolute atomic E-state index is 0.00730. The largest absolute Gasteiger partial charge is 0.507 e. The lowest BCUT2D eigenvalue weighted by atomic mass is 9.95. The van der Waals surface area contributed by atoms with Crippen LogP contribution in [0.15, 0.2) is 66.2 Å². The summed E-state index contributed by atoms with van der Waals surface area (Å²) in [7, 11) is 3.87. The van der Waals surface area contributed by atoms with E-state index in [0.29, 0.717) is 22.4 Å². The molecule has 8 heteroatoms. The van der Waals surface area contributed by atoms with Crippen molar-refractivity contribution in [2.75, 3.05) is 23.9 Å². The zero-order valence-corrected chi connectivity index (χ0v) is 22.9. The van der Waals surface area contributed by atoms with Crippen molar-refractivity contribution in [2.24, 2.45) is 0 Å². The molecule has 1 unspecified atom stereocenters. The maximum atomic E-state index is 13.6. The SMILES string of the molecule is Cc1cc2nc(N3C(=O)C(=O)/C(=C(/O)c4cccc(OC(C)C)c4)C3c3ccc(N(C)C)cc3)[nH]c2cc1C. The second kappa shape index (κ2) is 9.94. The van der Waals surface area contributed by atoms with Gasteiger partial charge in [-0.2, -0.15) is 0 Å². The highest BCUT2D eigenvalue weighted by Gasteiger charge is 2.48. The molecule has 0 aliphatic carbocycles. The summed E-state index contributed by atoms with van der Waals surface area (Å²) in [5, 5.41) is 11.5. The van der Waals surface area contributed by atoms with Gasteiger partial charge in [0.05, 0.1) is 28.8 Å². The first-order valence-electron chi connectivity index (χ1n) is 12.9. The Bertz CT molecular complexity index is 1580. The van der Waals surface area contributed by atoms with E-state index in [1.807, 2.05) is 83.1 Å². The summed E-state index contributed by atoms with van der Waals surface area (Å²) >= 11 is 0. The van der Waals surface area contributed by atoms with Gasteiger partial charge in [0.25, 0.3) is 5.78 Å². The maximum absolute atomic E-state index is 13.6. The van der Waals surface area contributed by atoms with Crippen LogP contribution in [0.4, 0.5) is 11.6 Å². The fourth-order valence-electron chi connectivity index (χ4n) is 4.84. The van der Waals surface area contributed by atoms with Crippen molar-refractivity contribution in [3.63, 3.8) is 0 Å². The first-order valence-corrected chi connectivity index (χ1v) is 12.9. The van der Waals surface area contributed by atoms with E-state index in [4.69, 9.17) is 4.74 Å². The number of ether oxygens (including phenoxy) is 1. The van der Waals surface area contributed by atoms with Gasteiger partial charge >= 0.3 is 5.91 Å². The number of aromatic amines is 1. The van der Waals surface area contributed by atoms with E-state index in [2.05, 4.69) is 9.97 Å². The van der Waals surface area contributed by atoms with Crippen LogP contribution < -0.4 is 14.5 Å². The van der Waals surface area contributed by atoms with Gasteiger partial charge in [-0.05, 0) is 80.8 Å². The lowest BCUT2D eigenvalue weighted by molar-refractivity contribution is -0.132. The van der Waals surface area contributed by atoms with Gasteiger partial charge in [0, 0.05) is 25.3 Å². The van der Waals surface area contributed by atoms with Gasteiger partial charge in [-0.15, -0.1) is 0 Å². The van der Waals surface area contributed by atoms with E-state index in [0.717, 1.165) is 22.3 Å². The molecule has 1 saturated heterocycles. The number of ketones is 1. The molecule has 1 fully saturated rings. The molecular weight excluding hydrogens is 492 g/mol. The predicted octanol–water partition coefficient (Wildman–Crippen LogP) is 5.66. The van der Waals surface area contributed by atoms with Crippen molar-refractivity contribution in [3.05, 3.63) is 88.5 Å². The van der Waals surface area contributed by atoms with Crippen LogP contribution >= 0.6 is 0 Å². The number of Topliss-reactive ketones (excluding diaryl/α,β-unsaturated/α-hetero) is 1. The number of imidazole rings is 1. The molecule has 3 aromatic carbocycles. The number of aromatic nitrogens is 2. The summed E-state index contributed by atoms with van der Waals surface area (Å²) in [4.78, 5) is 38.3. The topological polar surface area (TPSA) is 98.8 Å². The molecule has 2 heterocycles. The average Bonchev–Trinajstić information content (AvgIpc) is 3.41. The zero-order chi connectivity index (χ0) is 28.0. The molecular formula is C31H32N4O4. The monoisotopic (exact) mass is 524 g/mol. The number of aliphatic hydroxyl groups is 1. The van der Waals surface area contributed by atoms with Gasteiger partial charge in [-0.1, -0.05) is 24.3 Å². The van der Waals surface area contributed by atoms with Crippen LogP contribution in [0.3, 0.4) is 0 Å². The Kier molecular flexibility index (Phi) is 6.64. The third kappa shape index (κ3) is 4.74. The summed E-state index contributed by atoms with van der Waals surface area (Å²) in [6.45, 7) is 7.82. The Hall–Kier alpha value is -4.59. The number of carbonyl (C=O) groups is 2. The number of carbonyl (C=O) groups excluding carboxylic acids is 2. The molecule has 1 aliphatic heterocycles. The highest BCUT2D eigenvalue weighted by Crippen LogP contribution is 2.42. The van der Waals surface area contributed by atoms with Gasteiger partial charge in [0.1, 0.15) is 11.5 Å². The van der Waals surface area contributed by atoms with Crippen LogP contribution in [0.1, 0.15) is 42.1 Å². The number of nitrogens with zero attached hydrogens (tertiary/aromatic N) is 3. The highest BCUT2D eigenvalue weighted by atomic mass is 16.5. The molecule has 5 rings (SSSR count). The average molecular weight is 525 g/mol. The highest BCUT2D eigenvalue weighted by molar-refractivity contribution is 6.51. The lowest BCUT2D eigenvalue weighted by Gasteiger charge is -2.24. The summed E-state index contributed by atoms with van der Waals surface area (Å²) in [6, 6.07) is 17.5. The number of hydrogen-bond donors (Lipinski definition) is 2. The van der Waals surface area contributed by atoms with E-state index < -0.39 is 17.7 Å². The molecule has 1 aliphatic rings. The van der Waals surface area contributed by atoms with Crippen molar-refractivity contribution in [2.45, 2.75) is 39.8 Å². The Balaban J connectivity index is 1.70. The number of benzene rings is 3. The van der Waals surface area contributed by atoms with Gasteiger partial charge in [0.15, 0.2) is 0 Å². The van der Waals surface area contributed by atoms with Crippen LogP contribution in [0.5, 0.6) is 5.75 Å². The molecule has 1 atom stereocenters. The summed E-state index contributed by atoms with van der Waals surface area (Å²) < 4.78 is 5.79. The number of fused-ring (bicyclic) bond motifs is 1. The van der Waals surface area contributed by atoms with Crippen LogP contribution in [0.2, 0.25) is 0 Å². The van der Waals surface area contributed by atoms with Crippen LogP contribution in [0.25, 0.3) is 16.8 Å². The van der Waals surface area contributed by atoms with Crippen molar-refractivity contribution < 1.29 is 19.4 Å². The Morgan fingerprint density at radius 1 is 1.03 bits per heavy atom. The van der Waals surface area contributed by atoms with Gasteiger partial charge in [-0.3, -0.25) is 14.5 Å². The predicted molar refractivity (Wildman–Crippen MR) is 153 cm³/mol. The molecule has 4 aromatic rings. The maximum Gasteiger partial charge on any atom is 0.302 e. The first-order chi connectivity index (χ1) is 18.5. The van der Waals surface area contributed by atoms with Crippen molar-refractivity contribution in [1.82, 2.24) is 9.97 Å². The van der Waals surface area contributed by atoms with Gasteiger partial charge in [0.2, 0.25) is 5.95 Å². The van der Waals surface area contributed by atoms with Crippen molar-refractivity contribution in [3.8, 4) is 5.75 Å². The van der Waals surface area contributed by atoms with E-state index >= 15 is 0 Å². The summed E-state index contributed by atoms with van der Waals surface area (Å²) in [5.41, 5.74) is 5.61. The quantitative estimate of drug-likeness (QED) is 0.192. The summed E-state index contributed by atoms with van der Waals surface area (Å²) in [6.07, 6.45) is -0.0662. The normalized spacial score (nSPS) is 16.9. The van der Waals surface area contributed by atoms with Crippen molar-refractivity contribution in [1.29, 1.82) is 0 Å². The third-order valence-corrected chi connectivity index (χ3v) is 6.96. The van der Waals surface area contributed by atoms with E-state index in [-0.39, 0.29) is 23.4 Å². The minimum Gasteiger partial charge on any atom is -0.507 e. The molecule has 200 valence electrons. The molecule has 0 saturated carbocycles. The fourth-order valence-corrected chi connectivity index (χ4v) is 4.84. The second-order valence-corrected chi connectivity index (χ2v) is 10.4. The molecule has 0 radical (unpaired) electrons. The third-order valence-electron chi connectivity index (χ3n) is 6.96. The molecule has 2 N–H and O–H groups in total. The van der Waals surface area contributed by atoms with Gasteiger partial charge < -0.3 is 19.7 Å². The molecule has 8 nitrogen and oxygen atoms in total. The number of nitrogens with one attached hydrogen (secondary N) is 1. The standard InChI is InChI=1S/C31H32N4O4/c1-17(2)39-23-9-7-8-21(16-23)28(36)26-27(20-10-12-22(13-11-20)34(5)6)35(30(38)29(26)37)31-32-24-14-18(3)19(4)15-25(24)33-31/h7-17,27,36H,1-6H3,(H,32,33)/b28-26+. The minimum atomic E-state index is -0.890. The van der Waals surface area contributed by atoms with Gasteiger partial charge in [-0.25, -0.2) is 4.98 Å². The fraction of sp³-hybridized carbons (Fsp3) is 0.258. The second-order valence-electron chi connectivity index (χ2n) is 10.4. The number of H-pyrrole nitrogens is 1. The number of anilines is 2. The number of amides is 1. The number of aliphatic hydroxyl groups excluding tert-OH is 1. The lowest BCUT2D eigenvalue weighted by Crippen LogP contribution is -2.30. The zero-order valence-electron chi connectivity index (χ0n) is 22.9. The Morgan fingerprint density at radius 3 is 2.38 bits per heavy atom. The van der Waals surface area contributed by atoms with Crippen molar-refractivity contribution >= 4 is 40.1 Å². The number of aryl methyl sites for hydroxylation is 2. The van der Waals surface area contributed by atoms with Crippen LogP contribution in [-0.4, -0.2) is 47.0 Å². The molecule has 39 heavy (non-hydrogen) atoms. The Morgan fingerprint density at radius 2 is 1.72 bits per heavy atom. The molecule has 0 spiro atoms. The molecule has 0 bridgehead atoms. The van der Waals surface area contributed by atoms with E-state index in [1.165, 1.54) is 4.90 Å². The smallest absolute Gasteiger partial charge is 0.302 e. The molecule has 1 amide bonds. The van der Waals surface area contributed by atoms with Crippen LogP contribution in [-0.2, 0) is 9.59 Å². The van der Waals surface area contributed by atoms with E-state index in [1.54, 1.807) is 24.3 Å². The van der Waals surface area contributed by atoms with Crippen LogP contribution in [0, 0.1) is 13.8 Å². The number of rotatable bonds is 6. The number of hydrogen-bond acceptors (Lipinski definition) is 6. The Labute approximate surface area is 227 Å². The first kappa shape index (κ1) is 26.0.